The Morgan fingerprint density at radius 2 is 2.06 bits per heavy atom. The van der Waals surface area contributed by atoms with Crippen molar-refractivity contribution in [1.82, 2.24) is 0 Å². The third-order valence-corrected chi connectivity index (χ3v) is 3.69. The first-order valence-corrected chi connectivity index (χ1v) is 5.88. The van der Waals surface area contributed by atoms with Crippen LogP contribution in [0.1, 0.15) is 12.8 Å². The lowest BCUT2D eigenvalue weighted by atomic mass is 10.1. The van der Waals surface area contributed by atoms with Crippen LogP contribution in [-0.2, 0) is 9.57 Å². The molecule has 1 aliphatic heterocycles. The molecule has 1 heterocycles. The molecular weight excluding hydrogens is 202 g/mol. The molecule has 0 bridgehead atoms. The van der Waals surface area contributed by atoms with Gasteiger partial charge in [-0.05, 0) is 25.0 Å². The van der Waals surface area contributed by atoms with Crippen LogP contribution in [0.4, 0.5) is 5.69 Å². The van der Waals surface area contributed by atoms with Gasteiger partial charge in [-0.1, -0.05) is 18.2 Å². The number of ether oxygens (including phenoxy) is 1. The van der Waals surface area contributed by atoms with Gasteiger partial charge >= 0.3 is 0 Å². The fourth-order valence-electron chi connectivity index (χ4n) is 2.82. The quantitative estimate of drug-likeness (QED) is 0.761. The number of methoxy groups -OCH3 is 1. The van der Waals surface area contributed by atoms with Gasteiger partial charge in [0.2, 0.25) is 0 Å². The van der Waals surface area contributed by atoms with Crippen LogP contribution in [0.25, 0.3) is 0 Å². The standard InChI is InChI=1S/C13H17NO2/c1-15-12-7-10-9-16-14(13(10)8-12)11-5-3-2-4-6-11/h2-6,10,12-13H,7-9H2,1H3. The Morgan fingerprint density at radius 1 is 1.25 bits per heavy atom. The Kier molecular flexibility index (Phi) is 2.58. The van der Waals surface area contributed by atoms with Gasteiger partial charge in [0, 0.05) is 13.0 Å². The Labute approximate surface area is 95.9 Å². The number of hydroxylamine groups is 1. The third-order valence-electron chi connectivity index (χ3n) is 3.69. The zero-order chi connectivity index (χ0) is 11.0. The molecule has 3 atom stereocenters. The smallest absolute Gasteiger partial charge is 0.0798 e. The molecule has 0 aromatic heterocycles. The van der Waals surface area contributed by atoms with Gasteiger partial charge in [-0.15, -0.1) is 0 Å². The summed E-state index contributed by atoms with van der Waals surface area (Å²) in [7, 11) is 1.80. The SMILES string of the molecule is COC1CC2CON(c3ccccc3)C2C1. The average molecular weight is 219 g/mol. The normalized spacial score (nSPS) is 33.1. The second-order valence-electron chi connectivity index (χ2n) is 4.61. The van der Waals surface area contributed by atoms with E-state index in [-0.39, 0.29) is 0 Å². The van der Waals surface area contributed by atoms with E-state index in [0.717, 1.165) is 25.1 Å². The molecule has 1 saturated heterocycles. The predicted molar refractivity (Wildman–Crippen MR) is 62.2 cm³/mol. The van der Waals surface area contributed by atoms with E-state index in [9.17, 15) is 0 Å². The molecule has 16 heavy (non-hydrogen) atoms. The predicted octanol–water partition coefficient (Wildman–Crippen LogP) is 2.23. The van der Waals surface area contributed by atoms with Crippen molar-refractivity contribution in [2.24, 2.45) is 5.92 Å². The van der Waals surface area contributed by atoms with E-state index in [0.29, 0.717) is 18.1 Å². The summed E-state index contributed by atoms with van der Waals surface area (Å²) in [6, 6.07) is 10.8. The summed E-state index contributed by atoms with van der Waals surface area (Å²) in [5, 5.41) is 2.07. The van der Waals surface area contributed by atoms with Crippen LogP contribution >= 0.6 is 0 Å². The maximum absolute atomic E-state index is 5.78. The summed E-state index contributed by atoms with van der Waals surface area (Å²) < 4.78 is 5.45. The summed E-state index contributed by atoms with van der Waals surface area (Å²) in [4.78, 5) is 5.78. The van der Waals surface area contributed by atoms with Crippen molar-refractivity contribution >= 4 is 5.69 Å². The van der Waals surface area contributed by atoms with Gasteiger partial charge in [0.05, 0.1) is 24.4 Å². The van der Waals surface area contributed by atoms with Gasteiger partial charge in [-0.25, -0.2) is 0 Å². The van der Waals surface area contributed by atoms with Crippen LogP contribution in [0.15, 0.2) is 30.3 Å². The summed E-state index contributed by atoms with van der Waals surface area (Å²) in [5.74, 6) is 0.630. The van der Waals surface area contributed by atoms with E-state index < -0.39 is 0 Å². The van der Waals surface area contributed by atoms with Crippen LogP contribution in [0.5, 0.6) is 0 Å². The minimum atomic E-state index is 0.408. The molecule has 86 valence electrons. The van der Waals surface area contributed by atoms with Gasteiger partial charge in [0.1, 0.15) is 0 Å². The molecule has 3 nitrogen and oxygen atoms in total. The van der Waals surface area contributed by atoms with Crippen LogP contribution < -0.4 is 5.06 Å². The summed E-state index contributed by atoms with van der Waals surface area (Å²) in [5.41, 5.74) is 1.16. The molecule has 0 amide bonds. The van der Waals surface area contributed by atoms with Crippen LogP contribution in [0, 0.1) is 5.92 Å². The summed E-state index contributed by atoms with van der Waals surface area (Å²) in [6.07, 6.45) is 2.62. The molecule has 3 unspecified atom stereocenters. The lowest BCUT2D eigenvalue weighted by Crippen LogP contribution is -2.29. The van der Waals surface area contributed by atoms with Crippen molar-refractivity contribution in [2.45, 2.75) is 25.0 Å². The van der Waals surface area contributed by atoms with E-state index in [1.807, 2.05) is 6.07 Å². The highest BCUT2D eigenvalue weighted by Crippen LogP contribution is 2.39. The first-order chi connectivity index (χ1) is 7.88. The highest BCUT2D eigenvalue weighted by atomic mass is 16.7. The van der Waals surface area contributed by atoms with E-state index in [1.165, 1.54) is 0 Å². The molecular formula is C13H17NO2. The van der Waals surface area contributed by atoms with Gasteiger partial charge in [-0.2, -0.15) is 0 Å². The minimum Gasteiger partial charge on any atom is -0.381 e. The number of rotatable bonds is 2. The molecule has 1 aliphatic carbocycles. The second-order valence-corrected chi connectivity index (χ2v) is 4.61. The van der Waals surface area contributed by atoms with Crippen molar-refractivity contribution in [1.29, 1.82) is 0 Å². The number of hydrogen-bond acceptors (Lipinski definition) is 3. The van der Waals surface area contributed by atoms with Gasteiger partial charge in [0.25, 0.3) is 0 Å². The van der Waals surface area contributed by atoms with E-state index in [2.05, 4.69) is 29.3 Å². The minimum absolute atomic E-state index is 0.408. The van der Waals surface area contributed by atoms with Crippen LogP contribution in [-0.4, -0.2) is 25.9 Å². The summed E-state index contributed by atoms with van der Waals surface area (Å²) in [6.45, 7) is 0.833. The second kappa shape index (κ2) is 4.07. The molecule has 1 aromatic carbocycles. The van der Waals surface area contributed by atoms with E-state index in [1.54, 1.807) is 7.11 Å². The molecule has 0 spiro atoms. The highest BCUT2D eigenvalue weighted by Gasteiger charge is 2.43. The molecule has 0 N–H and O–H groups in total. The fraction of sp³-hybridized carbons (Fsp3) is 0.538. The largest absolute Gasteiger partial charge is 0.381 e. The average Bonchev–Trinajstić information content (AvgIpc) is 2.88. The van der Waals surface area contributed by atoms with Gasteiger partial charge < -0.3 is 4.74 Å². The summed E-state index contributed by atoms with van der Waals surface area (Å²) >= 11 is 0. The number of nitrogens with zero attached hydrogens (tertiary/aromatic N) is 1. The molecule has 3 rings (SSSR count). The van der Waals surface area contributed by atoms with Crippen molar-refractivity contribution in [3.8, 4) is 0 Å². The maximum atomic E-state index is 5.78. The van der Waals surface area contributed by atoms with Crippen molar-refractivity contribution < 1.29 is 9.57 Å². The van der Waals surface area contributed by atoms with Crippen molar-refractivity contribution in [2.75, 3.05) is 18.8 Å². The van der Waals surface area contributed by atoms with Gasteiger partial charge in [-0.3, -0.25) is 9.90 Å². The lowest BCUT2D eigenvalue weighted by Gasteiger charge is -2.24. The number of fused-ring (bicyclic) bond motifs is 1. The van der Waals surface area contributed by atoms with Gasteiger partial charge in [0.15, 0.2) is 0 Å². The third kappa shape index (κ3) is 1.60. The molecule has 2 fully saturated rings. The Hall–Kier alpha value is -1.06. The number of hydrogen-bond donors (Lipinski definition) is 0. The van der Waals surface area contributed by atoms with Crippen LogP contribution in [0.2, 0.25) is 0 Å². The maximum Gasteiger partial charge on any atom is 0.0798 e. The molecule has 1 aromatic rings. The van der Waals surface area contributed by atoms with Crippen molar-refractivity contribution in [3.05, 3.63) is 30.3 Å². The first kappa shape index (κ1) is 10.1. The topological polar surface area (TPSA) is 21.7 Å². The molecule has 3 heteroatoms. The highest BCUT2D eigenvalue weighted by molar-refractivity contribution is 5.45. The van der Waals surface area contributed by atoms with E-state index in [4.69, 9.17) is 9.57 Å². The number of anilines is 1. The Balaban J connectivity index is 1.79. The zero-order valence-corrected chi connectivity index (χ0v) is 9.50. The van der Waals surface area contributed by atoms with Crippen LogP contribution in [0.3, 0.4) is 0 Å². The molecule has 0 radical (unpaired) electrons. The Bertz CT molecular complexity index is 354. The lowest BCUT2D eigenvalue weighted by molar-refractivity contribution is 0.0782. The van der Waals surface area contributed by atoms with E-state index >= 15 is 0 Å². The zero-order valence-electron chi connectivity index (χ0n) is 9.50. The monoisotopic (exact) mass is 219 g/mol. The van der Waals surface area contributed by atoms with Crippen molar-refractivity contribution in [3.63, 3.8) is 0 Å². The first-order valence-electron chi connectivity index (χ1n) is 5.88. The number of benzene rings is 1. The number of para-hydroxylation sites is 1. The molecule has 2 aliphatic rings. The Morgan fingerprint density at radius 3 is 2.81 bits per heavy atom. The fourth-order valence-corrected chi connectivity index (χ4v) is 2.82. The molecule has 1 saturated carbocycles.